The Morgan fingerprint density at radius 1 is 1.25 bits per heavy atom. The molecular formula is C13H19N3O3S. The van der Waals surface area contributed by atoms with Crippen molar-refractivity contribution in [3.05, 3.63) is 17.5 Å². The van der Waals surface area contributed by atoms with Gasteiger partial charge in [0.05, 0.1) is 5.75 Å². The Labute approximate surface area is 122 Å². The summed E-state index contributed by atoms with van der Waals surface area (Å²) in [6, 6.07) is 1.88. The van der Waals surface area contributed by atoms with Crippen molar-refractivity contribution in [2.75, 3.05) is 12.3 Å². The van der Waals surface area contributed by atoms with Crippen molar-refractivity contribution in [3.8, 4) is 0 Å². The molecule has 0 aliphatic heterocycles. The van der Waals surface area contributed by atoms with Crippen LogP contribution in [0.2, 0.25) is 0 Å². The Morgan fingerprint density at radius 2 is 1.90 bits per heavy atom. The van der Waals surface area contributed by atoms with Crippen LogP contribution in [0, 0.1) is 13.8 Å². The summed E-state index contributed by atoms with van der Waals surface area (Å²) in [6.07, 6.45) is 1.38. The fourth-order valence-corrected chi connectivity index (χ4v) is 2.35. The summed E-state index contributed by atoms with van der Waals surface area (Å²) in [7, 11) is 0. The van der Waals surface area contributed by atoms with Gasteiger partial charge in [0.15, 0.2) is 5.16 Å². The molecule has 1 heterocycles. The van der Waals surface area contributed by atoms with E-state index in [4.69, 9.17) is 5.11 Å². The Balaban J connectivity index is 2.21. The van der Waals surface area contributed by atoms with E-state index in [1.807, 2.05) is 19.9 Å². The van der Waals surface area contributed by atoms with Gasteiger partial charge in [-0.25, -0.2) is 9.97 Å². The van der Waals surface area contributed by atoms with Gasteiger partial charge < -0.3 is 10.4 Å². The molecule has 2 N–H and O–H groups in total. The fourth-order valence-electron chi connectivity index (χ4n) is 1.57. The lowest BCUT2D eigenvalue weighted by molar-refractivity contribution is -0.137. The number of amides is 1. The number of carbonyl (C=O) groups excluding carboxylic acids is 1. The van der Waals surface area contributed by atoms with Crippen molar-refractivity contribution in [2.24, 2.45) is 0 Å². The Hall–Kier alpha value is -1.63. The van der Waals surface area contributed by atoms with E-state index in [1.54, 1.807) is 0 Å². The number of aromatic nitrogens is 2. The van der Waals surface area contributed by atoms with Crippen molar-refractivity contribution in [3.63, 3.8) is 0 Å². The highest BCUT2D eigenvalue weighted by molar-refractivity contribution is 7.99. The predicted molar refractivity (Wildman–Crippen MR) is 76.7 cm³/mol. The molecule has 1 amide bonds. The minimum atomic E-state index is -0.807. The quantitative estimate of drug-likeness (QED) is 0.430. The number of rotatable bonds is 8. The number of aliphatic carboxylic acids is 1. The van der Waals surface area contributed by atoms with Crippen LogP contribution in [-0.2, 0) is 9.59 Å². The highest BCUT2D eigenvalue weighted by Gasteiger charge is 2.05. The molecule has 0 radical (unpaired) electrons. The molecule has 7 heteroatoms. The second-order valence-corrected chi connectivity index (χ2v) is 5.37. The van der Waals surface area contributed by atoms with Crippen LogP contribution in [0.1, 0.15) is 30.7 Å². The van der Waals surface area contributed by atoms with Gasteiger partial charge in [0, 0.05) is 24.4 Å². The highest BCUT2D eigenvalue weighted by atomic mass is 32.2. The van der Waals surface area contributed by atoms with Crippen LogP contribution in [-0.4, -0.2) is 39.2 Å². The van der Waals surface area contributed by atoms with Gasteiger partial charge in [-0.3, -0.25) is 9.59 Å². The van der Waals surface area contributed by atoms with Gasteiger partial charge in [0.2, 0.25) is 5.91 Å². The Morgan fingerprint density at radius 3 is 2.50 bits per heavy atom. The van der Waals surface area contributed by atoms with Gasteiger partial charge in [-0.2, -0.15) is 0 Å². The van der Waals surface area contributed by atoms with Crippen LogP contribution >= 0.6 is 11.8 Å². The van der Waals surface area contributed by atoms with Crippen LogP contribution in [0.3, 0.4) is 0 Å². The summed E-state index contributed by atoms with van der Waals surface area (Å²) in [6.45, 7) is 4.28. The van der Waals surface area contributed by atoms with E-state index in [9.17, 15) is 9.59 Å². The van der Waals surface area contributed by atoms with Crippen molar-refractivity contribution in [1.82, 2.24) is 15.3 Å². The van der Waals surface area contributed by atoms with E-state index in [1.165, 1.54) is 11.8 Å². The molecule has 0 saturated heterocycles. The molecule has 0 aliphatic carbocycles. The molecule has 0 aromatic carbocycles. The second kappa shape index (κ2) is 8.52. The van der Waals surface area contributed by atoms with Gasteiger partial charge in [-0.1, -0.05) is 11.8 Å². The molecule has 20 heavy (non-hydrogen) atoms. The number of nitrogens with one attached hydrogen (secondary N) is 1. The van der Waals surface area contributed by atoms with E-state index in [-0.39, 0.29) is 18.1 Å². The molecule has 0 bridgehead atoms. The zero-order valence-electron chi connectivity index (χ0n) is 11.7. The highest BCUT2D eigenvalue weighted by Crippen LogP contribution is 2.13. The number of carboxylic acids is 1. The van der Waals surface area contributed by atoms with Gasteiger partial charge in [-0.15, -0.1) is 0 Å². The maximum absolute atomic E-state index is 11.6. The summed E-state index contributed by atoms with van der Waals surface area (Å²) in [5.74, 6) is -0.631. The van der Waals surface area contributed by atoms with E-state index in [2.05, 4.69) is 15.3 Å². The minimum absolute atomic E-state index is 0.0897. The molecule has 110 valence electrons. The number of carbonyl (C=O) groups is 2. The number of hydrogen-bond donors (Lipinski definition) is 2. The van der Waals surface area contributed by atoms with Crippen LogP contribution in [0.5, 0.6) is 0 Å². The van der Waals surface area contributed by atoms with Crippen molar-refractivity contribution in [2.45, 2.75) is 38.3 Å². The van der Waals surface area contributed by atoms with Crippen molar-refractivity contribution >= 4 is 23.6 Å². The number of thioether (sulfide) groups is 1. The number of nitrogens with zero attached hydrogens (tertiary/aromatic N) is 2. The maximum atomic E-state index is 11.6. The lowest BCUT2D eigenvalue weighted by Gasteiger charge is -2.05. The Bertz CT molecular complexity index is 460. The third-order valence-electron chi connectivity index (χ3n) is 2.43. The van der Waals surface area contributed by atoms with Gasteiger partial charge in [-0.05, 0) is 32.8 Å². The average molecular weight is 297 g/mol. The zero-order valence-corrected chi connectivity index (χ0v) is 12.5. The molecule has 0 saturated carbocycles. The summed E-state index contributed by atoms with van der Waals surface area (Å²) in [4.78, 5) is 30.4. The van der Waals surface area contributed by atoms with Crippen molar-refractivity contribution in [1.29, 1.82) is 0 Å². The van der Waals surface area contributed by atoms with Gasteiger partial charge >= 0.3 is 5.97 Å². The van der Waals surface area contributed by atoms with Crippen LogP contribution < -0.4 is 5.32 Å². The van der Waals surface area contributed by atoms with Crippen LogP contribution in [0.4, 0.5) is 0 Å². The van der Waals surface area contributed by atoms with Crippen LogP contribution in [0.25, 0.3) is 0 Å². The largest absolute Gasteiger partial charge is 0.481 e. The number of aryl methyl sites for hydroxylation is 2. The van der Waals surface area contributed by atoms with E-state index in [0.717, 1.165) is 11.4 Å². The number of hydrogen-bond acceptors (Lipinski definition) is 5. The first-order valence-corrected chi connectivity index (χ1v) is 7.39. The molecule has 0 unspecified atom stereocenters. The first-order valence-electron chi connectivity index (χ1n) is 6.41. The summed E-state index contributed by atoms with van der Waals surface area (Å²) >= 11 is 1.30. The first kappa shape index (κ1) is 16.4. The van der Waals surface area contributed by atoms with Gasteiger partial charge in [0.1, 0.15) is 0 Å². The topological polar surface area (TPSA) is 92.2 Å². The lowest BCUT2D eigenvalue weighted by Crippen LogP contribution is -2.26. The normalized spacial score (nSPS) is 10.3. The summed E-state index contributed by atoms with van der Waals surface area (Å²) < 4.78 is 0. The van der Waals surface area contributed by atoms with E-state index >= 15 is 0 Å². The molecule has 1 aromatic heterocycles. The zero-order chi connectivity index (χ0) is 15.0. The first-order chi connectivity index (χ1) is 9.47. The molecule has 0 fully saturated rings. The van der Waals surface area contributed by atoms with E-state index in [0.29, 0.717) is 24.5 Å². The van der Waals surface area contributed by atoms with Crippen molar-refractivity contribution < 1.29 is 14.7 Å². The van der Waals surface area contributed by atoms with E-state index < -0.39 is 5.97 Å². The molecule has 1 rings (SSSR count). The second-order valence-electron chi connectivity index (χ2n) is 4.42. The summed E-state index contributed by atoms with van der Waals surface area (Å²) in [5, 5.41) is 11.8. The number of unbranched alkanes of at least 4 members (excludes halogenated alkanes) is 1. The fraction of sp³-hybridized carbons (Fsp3) is 0.538. The predicted octanol–water partition coefficient (Wildman–Crippen LogP) is 1.56. The molecule has 0 spiro atoms. The lowest BCUT2D eigenvalue weighted by atomic mass is 10.2. The smallest absolute Gasteiger partial charge is 0.303 e. The molecule has 1 aromatic rings. The average Bonchev–Trinajstić information content (AvgIpc) is 2.34. The molecule has 0 aliphatic rings. The van der Waals surface area contributed by atoms with Crippen LogP contribution in [0.15, 0.2) is 11.2 Å². The number of carboxylic acid groups (broad SMARTS) is 1. The maximum Gasteiger partial charge on any atom is 0.303 e. The standard InChI is InChI=1S/C13H19N3O3S/c1-9-7-10(2)16-13(15-9)20-8-11(17)14-6-4-3-5-12(18)19/h7H,3-6,8H2,1-2H3,(H,14,17)(H,18,19). The van der Waals surface area contributed by atoms with Gasteiger partial charge in [0.25, 0.3) is 0 Å². The SMILES string of the molecule is Cc1cc(C)nc(SCC(=O)NCCCCC(=O)O)n1. The third kappa shape index (κ3) is 7.08. The monoisotopic (exact) mass is 297 g/mol. The molecule has 0 atom stereocenters. The summed E-state index contributed by atoms with van der Waals surface area (Å²) in [5.41, 5.74) is 1.77. The minimum Gasteiger partial charge on any atom is -0.481 e. The third-order valence-corrected chi connectivity index (χ3v) is 3.28. The molecular weight excluding hydrogens is 278 g/mol. The Kier molecular flexibility index (Phi) is 7.00. The molecule has 6 nitrogen and oxygen atoms in total.